The Balaban J connectivity index is 0.00000103. The monoisotopic (exact) mass is 255 g/mol. The van der Waals surface area contributed by atoms with Crippen molar-refractivity contribution in [3.8, 4) is 0 Å². The van der Waals surface area contributed by atoms with Gasteiger partial charge in [0.25, 0.3) is 0 Å². The van der Waals surface area contributed by atoms with E-state index in [1.165, 1.54) is 32.1 Å². The Kier molecular flexibility index (Phi) is 6.73. The lowest BCUT2D eigenvalue weighted by Gasteiger charge is -2.39. The first-order valence-corrected chi connectivity index (χ1v) is 7.97. The number of rotatable bonds is 3. The number of hydrogen-bond donors (Lipinski definition) is 1. The van der Waals surface area contributed by atoms with Crippen molar-refractivity contribution in [1.29, 1.82) is 0 Å². The van der Waals surface area contributed by atoms with E-state index in [-0.39, 0.29) is 1.43 Å². The van der Waals surface area contributed by atoms with Crippen LogP contribution >= 0.6 is 0 Å². The molecule has 0 aromatic carbocycles. The largest absolute Gasteiger partial charge is 0.353 e. The van der Waals surface area contributed by atoms with Crippen LogP contribution in [0.2, 0.25) is 0 Å². The number of amides is 1. The minimum Gasteiger partial charge on any atom is -0.353 e. The number of nitrogens with one attached hydrogen (secondary N) is 1. The predicted molar refractivity (Wildman–Crippen MR) is 79.5 cm³/mol. The van der Waals surface area contributed by atoms with E-state index >= 15 is 0 Å². The summed E-state index contributed by atoms with van der Waals surface area (Å²) in [4.78, 5) is 12.0. The molecule has 0 atom stereocenters. The van der Waals surface area contributed by atoms with E-state index < -0.39 is 0 Å². The Hall–Kier alpha value is -0.530. The first-order valence-electron chi connectivity index (χ1n) is 7.97. The second-order valence-corrected chi connectivity index (χ2v) is 6.02. The summed E-state index contributed by atoms with van der Waals surface area (Å²) in [6.07, 6.45) is 8.46. The Morgan fingerprint density at radius 3 is 2.17 bits per heavy atom. The fourth-order valence-electron chi connectivity index (χ4n) is 3.01. The molecule has 0 radical (unpaired) electrons. The van der Waals surface area contributed by atoms with Crippen LogP contribution in [0.15, 0.2) is 0 Å². The highest BCUT2D eigenvalue weighted by molar-refractivity contribution is 5.79. The molecule has 0 aromatic rings. The van der Waals surface area contributed by atoms with Gasteiger partial charge in [0.15, 0.2) is 0 Å². The number of hydrogen-bond acceptors (Lipinski definition) is 1. The second-order valence-electron chi connectivity index (χ2n) is 6.02. The molecule has 1 N–H and O–H groups in total. The molecule has 108 valence electrons. The summed E-state index contributed by atoms with van der Waals surface area (Å²) >= 11 is 0. The highest BCUT2D eigenvalue weighted by Crippen LogP contribution is 2.34. The third-order valence-corrected chi connectivity index (χ3v) is 4.44. The van der Waals surface area contributed by atoms with Crippen LogP contribution in [0.5, 0.6) is 0 Å². The fraction of sp³-hybridized carbons (Fsp3) is 0.938. The fourth-order valence-corrected chi connectivity index (χ4v) is 3.01. The van der Waals surface area contributed by atoms with E-state index in [0.29, 0.717) is 17.9 Å². The van der Waals surface area contributed by atoms with Gasteiger partial charge in [0.05, 0.1) is 0 Å². The highest BCUT2D eigenvalue weighted by atomic mass is 16.1. The molecule has 0 heterocycles. The average Bonchev–Trinajstić information content (AvgIpc) is 2.36. The van der Waals surface area contributed by atoms with Gasteiger partial charge in [-0.05, 0) is 37.5 Å². The van der Waals surface area contributed by atoms with Crippen molar-refractivity contribution in [3.05, 3.63) is 0 Å². The molecule has 0 spiro atoms. The summed E-state index contributed by atoms with van der Waals surface area (Å²) in [5, 5.41) is 3.23. The Bertz CT molecular complexity index is 243. The molecule has 2 aliphatic rings. The Morgan fingerprint density at radius 1 is 1.11 bits per heavy atom. The summed E-state index contributed by atoms with van der Waals surface area (Å²) in [5.74, 6) is 2.29. The quantitative estimate of drug-likeness (QED) is 0.796. The third kappa shape index (κ3) is 4.29. The first-order chi connectivity index (χ1) is 8.66. The maximum atomic E-state index is 12.0. The van der Waals surface area contributed by atoms with E-state index in [2.05, 4.69) is 19.2 Å². The van der Waals surface area contributed by atoms with Crippen LogP contribution < -0.4 is 5.32 Å². The van der Waals surface area contributed by atoms with Crippen molar-refractivity contribution in [2.24, 2.45) is 17.8 Å². The number of carbonyl (C=O) groups is 1. The summed E-state index contributed by atoms with van der Waals surface area (Å²) in [6, 6.07) is 0.488. The Labute approximate surface area is 114 Å². The zero-order valence-corrected chi connectivity index (χ0v) is 12.7. The van der Waals surface area contributed by atoms with Gasteiger partial charge < -0.3 is 5.32 Å². The van der Waals surface area contributed by atoms with E-state index in [1.807, 2.05) is 13.8 Å². The minimum absolute atomic E-state index is 0. The normalized spacial score (nSPS) is 28.1. The molecule has 2 heteroatoms. The molecule has 0 unspecified atom stereocenters. The summed E-state index contributed by atoms with van der Waals surface area (Å²) in [6.45, 7) is 8.56. The molecule has 2 nitrogen and oxygen atoms in total. The topological polar surface area (TPSA) is 29.1 Å². The van der Waals surface area contributed by atoms with Gasteiger partial charge in [-0.1, -0.05) is 47.0 Å². The van der Waals surface area contributed by atoms with Crippen molar-refractivity contribution in [2.75, 3.05) is 0 Å². The molecule has 1 amide bonds. The van der Waals surface area contributed by atoms with Crippen molar-refractivity contribution in [2.45, 2.75) is 78.7 Å². The molecule has 2 fully saturated rings. The maximum absolute atomic E-state index is 12.0. The van der Waals surface area contributed by atoms with Gasteiger partial charge in [-0.15, -0.1) is 0 Å². The molecule has 18 heavy (non-hydrogen) atoms. The minimum atomic E-state index is 0. The van der Waals surface area contributed by atoms with Crippen LogP contribution in [-0.4, -0.2) is 11.9 Å². The molecule has 0 bridgehead atoms. The lowest BCUT2D eigenvalue weighted by Crippen LogP contribution is -2.47. The van der Waals surface area contributed by atoms with Crippen LogP contribution in [0.25, 0.3) is 0 Å². The zero-order valence-electron chi connectivity index (χ0n) is 12.7. The second kappa shape index (κ2) is 7.81. The van der Waals surface area contributed by atoms with E-state index in [0.717, 1.165) is 24.7 Å². The van der Waals surface area contributed by atoms with Crippen molar-refractivity contribution >= 4 is 5.91 Å². The van der Waals surface area contributed by atoms with Gasteiger partial charge in [0.2, 0.25) is 5.91 Å². The van der Waals surface area contributed by atoms with Gasteiger partial charge in [-0.25, -0.2) is 0 Å². The van der Waals surface area contributed by atoms with Crippen LogP contribution in [0, 0.1) is 17.8 Å². The molecule has 0 saturated heterocycles. The lowest BCUT2D eigenvalue weighted by molar-refractivity contribution is -0.127. The van der Waals surface area contributed by atoms with Gasteiger partial charge in [0.1, 0.15) is 0 Å². The van der Waals surface area contributed by atoms with Crippen LogP contribution in [0.1, 0.15) is 74.1 Å². The maximum Gasteiger partial charge on any atom is 0.223 e. The Morgan fingerprint density at radius 2 is 1.67 bits per heavy atom. The molecule has 2 saturated carbocycles. The van der Waals surface area contributed by atoms with E-state index in [1.54, 1.807) is 0 Å². The molecule has 2 rings (SSSR count). The van der Waals surface area contributed by atoms with Crippen LogP contribution in [-0.2, 0) is 4.79 Å². The van der Waals surface area contributed by atoms with Gasteiger partial charge in [0, 0.05) is 13.4 Å². The highest BCUT2D eigenvalue weighted by Gasteiger charge is 2.33. The summed E-state index contributed by atoms with van der Waals surface area (Å²) in [5.41, 5.74) is 0. The molecule has 2 aliphatic carbocycles. The van der Waals surface area contributed by atoms with Gasteiger partial charge in [-0.3, -0.25) is 4.79 Å². The number of carbonyl (C=O) groups excluding carboxylic acids is 1. The standard InChI is InChI=1S/C14H25NO.C2H6.H2/c1-10(2)12-8-13(9-12)15-14(16)11-6-4-3-5-7-11;1-2;/h10-13H,3-9H2,1-2H3,(H,15,16);1-2H3;1H. The van der Waals surface area contributed by atoms with E-state index in [9.17, 15) is 4.79 Å². The van der Waals surface area contributed by atoms with Crippen molar-refractivity contribution in [1.82, 2.24) is 5.32 Å². The third-order valence-electron chi connectivity index (χ3n) is 4.44. The molecular formula is C16H33NO. The van der Waals surface area contributed by atoms with E-state index in [4.69, 9.17) is 0 Å². The lowest BCUT2D eigenvalue weighted by atomic mass is 9.73. The smallest absolute Gasteiger partial charge is 0.223 e. The molecule has 0 aromatic heterocycles. The van der Waals surface area contributed by atoms with Crippen LogP contribution in [0.3, 0.4) is 0 Å². The van der Waals surface area contributed by atoms with Crippen LogP contribution in [0.4, 0.5) is 0 Å². The predicted octanol–water partition coefficient (Wildman–Crippen LogP) is 4.39. The average molecular weight is 255 g/mol. The summed E-state index contributed by atoms with van der Waals surface area (Å²) in [7, 11) is 0. The molecular weight excluding hydrogens is 222 g/mol. The van der Waals surface area contributed by atoms with Gasteiger partial charge >= 0.3 is 0 Å². The zero-order chi connectivity index (χ0) is 13.5. The van der Waals surface area contributed by atoms with Crippen molar-refractivity contribution in [3.63, 3.8) is 0 Å². The summed E-state index contributed by atoms with van der Waals surface area (Å²) < 4.78 is 0. The first kappa shape index (κ1) is 15.5. The molecule has 0 aliphatic heterocycles. The van der Waals surface area contributed by atoms with Crippen molar-refractivity contribution < 1.29 is 6.22 Å². The SMILES string of the molecule is CC.CC(C)C1CC(NC(=O)C2CCCCC2)C1.[HH]. The van der Waals surface area contributed by atoms with Gasteiger partial charge in [-0.2, -0.15) is 0 Å².